The Kier molecular flexibility index (Phi) is 9.58. The maximum Gasteiger partial charge on any atom is 0.416 e. The van der Waals surface area contributed by atoms with Gasteiger partial charge in [-0.15, -0.1) is 11.3 Å². The molecule has 0 aliphatic rings. The standard InChI is InChI=1S/C23H24F6N2O4S2/c1-4-31(20(33)13-37(3,34)35)12-18-14(2)10-17(36-18)8-9-19(32)30-21(23(27,28)29)15-6-5-7-16(11-15)22(24,25)26/h5-11,21H,4,12-13H2,1-3H3,(H,30,32). The third-order valence-corrected chi connectivity index (χ3v) is 7.01. The van der Waals surface area contributed by atoms with Crippen LogP contribution in [0, 0.1) is 6.92 Å². The van der Waals surface area contributed by atoms with Crippen molar-refractivity contribution in [2.24, 2.45) is 0 Å². The second kappa shape index (κ2) is 11.7. The minimum Gasteiger partial charge on any atom is -0.337 e. The van der Waals surface area contributed by atoms with Crippen LogP contribution in [0.4, 0.5) is 26.3 Å². The van der Waals surface area contributed by atoms with Crippen molar-refractivity contribution in [3.8, 4) is 0 Å². The Bertz CT molecular complexity index is 1270. The third-order valence-electron chi connectivity index (χ3n) is 5.05. The van der Waals surface area contributed by atoms with Crippen LogP contribution in [-0.4, -0.2) is 49.9 Å². The normalized spacial score (nSPS) is 13.5. The first-order chi connectivity index (χ1) is 16.9. The SMILES string of the molecule is CCN(Cc1sc(C=CC(=O)NC(c2cccc(C(F)(F)F)c2)C(F)(F)F)cc1C)C(=O)CS(C)(=O)=O. The minimum absolute atomic E-state index is 0.104. The number of aryl methyl sites for hydroxylation is 1. The molecule has 6 nitrogen and oxygen atoms in total. The maximum atomic E-state index is 13.5. The summed E-state index contributed by atoms with van der Waals surface area (Å²) in [5.41, 5.74) is -1.33. The monoisotopic (exact) mass is 570 g/mol. The lowest BCUT2D eigenvalue weighted by atomic mass is 10.0. The molecule has 0 spiro atoms. The Morgan fingerprint density at radius 1 is 1.14 bits per heavy atom. The molecule has 1 N–H and O–H groups in total. The van der Waals surface area contributed by atoms with Gasteiger partial charge in [-0.3, -0.25) is 9.59 Å². The molecule has 1 aromatic heterocycles. The van der Waals surface area contributed by atoms with Crippen molar-refractivity contribution >= 4 is 39.1 Å². The summed E-state index contributed by atoms with van der Waals surface area (Å²) < 4.78 is 102. The van der Waals surface area contributed by atoms with E-state index in [0.717, 1.165) is 35.8 Å². The largest absolute Gasteiger partial charge is 0.416 e. The van der Waals surface area contributed by atoms with Crippen LogP contribution in [0.2, 0.25) is 0 Å². The lowest BCUT2D eigenvalue weighted by molar-refractivity contribution is -0.162. The topological polar surface area (TPSA) is 83.6 Å². The van der Waals surface area contributed by atoms with Crippen LogP contribution in [0.5, 0.6) is 0 Å². The third kappa shape index (κ3) is 9.18. The fraction of sp³-hybridized carbons (Fsp3) is 0.391. The first-order valence-corrected chi connectivity index (χ1v) is 13.6. The predicted molar refractivity (Wildman–Crippen MR) is 127 cm³/mol. The molecule has 0 saturated heterocycles. The molecule has 2 aromatic rings. The Labute approximate surface area is 213 Å². The van der Waals surface area contributed by atoms with Gasteiger partial charge in [-0.1, -0.05) is 12.1 Å². The van der Waals surface area contributed by atoms with E-state index in [9.17, 15) is 44.3 Å². The first-order valence-electron chi connectivity index (χ1n) is 10.7. The number of nitrogens with zero attached hydrogens (tertiary/aromatic N) is 1. The van der Waals surface area contributed by atoms with Gasteiger partial charge in [0.1, 0.15) is 5.75 Å². The summed E-state index contributed by atoms with van der Waals surface area (Å²) in [7, 11) is -3.52. The van der Waals surface area contributed by atoms with Gasteiger partial charge in [0, 0.05) is 28.6 Å². The van der Waals surface area contributed by atoms with E-state index in [0.29, 0.717) is 27.5 Å². The van der Waals surface area contributed by atoms with Crippen molar-refractivity contribution in [2.75, 3.05) is 18.6 Å². The number of amides is 2. The summed E-state index contributed by atoms with van der Waals surface area (Å²) in [6.07, 6.45) is -6.89. The number of carbonyl (C=O) groups excluding carboxylic acids is 2. The summed E-state index contributed by atoms with van der Waals surface area (Å²) in [4.78, 5) is 27.0. The molecule has 0 radical (unpaired) electrons. The molecule has 1 aromatic carbocycles. The Morgan fingerprint density at radius 2 is 1.78 bits per heavy atom. The molecule has 0 saturated carbocycles. The Hall–Kier alpha value is -2.87. The second-order valence-electron chi connectivity index (χ2n) is 8.17. The van der Waals surface area contributed by atoms with Crippen LogP contribution < -0.4 is 5.32 Å². The zero-order chi connectivity index (χ0) is 28.2. The number of alkyl halides is 6. The van der Waals surface area contributed by atoms with Gasteiger partial charge >= 0.3 is 12.4 Å². The lowest BCUT2D eigenvalue weighted by Gasteiger charge is -2.22. The number of carbonyl (C=O) groups is 2. The number of benzene rings is 1. The zero-order valence-corrected chi connectivity index (χ0v) is 21.5. The van der Waals surface area contributed by atoms with Crippen LogP contribution in [0.15, 0.2) is 36.4 Å². The molecule has 2 rings (SSSR count). The fourth-order valence-corrected chi connectivity index (χ4v) is 4.98. The van der Waals surface area contributed by atoms with Crippen molar-refractivity contribution < 1.29 is 44.3 Å². The highest BCUT2D eigenvalue weighted by Crippen LogP contribution is 2.36. The van der Waals surface area contributed by atoms with Gasteiger partial charge in [0.25, 0.3) is 0 Å². The zero-order valence-electron chi connectivity index (χ0n) is 19.9. The number of sulfone groups is 1. The van der Waals surface area contributed by atoms with Gasteiger partial charge in [0.05, 0.1) is 12.1 Å². The van der Waals surface area contributed by atoms with Gasteiger partial charge < -0.3 is 10.2 Å². The van der Waals surface area contributed by atoms with Crippen molar-refractivity contribution in [1.82, 2.24) is 10.2 Å². The van der Waals surface area contributed by atoms with Gasteiger partial charge in [-0.05, 0) is 49.2 Å². The predicted octanol–water partition coefficient (Wildman–Crippen LogP) is 4.90. The molecule has 0 aliphatic heterocycles. The van der Waals surface area contributed by atoms with E-state index in [-0.39, 0.29) is 13.1 Å². The molecule has 37 heavy (non-hydrogen) atoms. The highest BCUT2D eigenvalue weighted by atomic mass is 32.2. The van der Waals surface area contributed by atoms with E-state index in [1.807, 2.05) is 0 Å². The molecule has 0 aliphatic carbocycles. The number of rotatable bonds is 9. The average Bonchev–Trinajstić information content (AvgIpc) is 3.10. The number of thiophene rings is 1. The number of halogens is 6. The van der Waals surface area contributed by atoms with E-state index in [1.54, 1.807) is 25.2 Å². The smallest absolute Gasteiger partial charge is 0.337 e. The Balaban J connectivity index is 2.18. The summed E-state index contributed by atoms with van der Waals surface area (Å²) in [5, 5.41) is 1.70. The minimum atomic E-state index is -5.05. The van der Waals surface area contributed by atoms with Crippen LogP contribution in [0.1, 0.15) is 39.4 Å². The van der Waals surface area contributed by atoms with Gasteiger partial charge in [0.15, 0.2) is 15.9 Å². The van der Waals surface area contributed by atoms with E-state index < -0.39 is 56.9 Å². The molecular weight excluding hydrogens is 546 g/mol. The second-order valence-corrected chi connectivity index (χ2v) is 11.5. The number of nitrogens with one attached hydrogen (secondary N) is 1. The van der Waals surface area contributed by atoms with Gasteiger partial charge in [-0.2, -0.15) is 26.3 Å². The van der Waals surface area contributed by atoms with E-state index in [2.05, 4.69) is 0 Å². The van der Waals surface area contributed by atoms with Crippen molar-refractivity contribution in [1.29, 1.82) is 0 Å². The van der Waals surface area contributed by atoms with E-state index in [4.69, 9.17) is 0 Å². The summed E-state index contributed by atoms with van der Waals surface area (Å²) in [6, 6.07) is 1.61. The highest BCUT2D eigenvalue weighted by Gasteiger charge is 2.42. The summed E-state index contributed by atoms with van der Waals surface area (Å²) in [6.45, 7) is 3.74. The lowest BCUT2D eigenvalue weighted by Crippen LogP contribution is -2.37. The van der Waals surface area contributed by atoms with Crippen molar-refractivity contribution in [3.05, 3.63) is 62.9 Å². The summed E-state index contributed by atoms with van der Waals surface area (Å²) >= 11 is 1.15. The maximum absolute atomic E-state index is 13.5. The molecule has 14 heteroatoms. The molecule has 2 amide bonds. The van der Waals surface area contributed by atoms with Gasteiger partial charge in [0.2, 0.25) is 11.8 Å². The summed E-state index contributed by atoms with van der Waals surface area (Å²) in [5.74, 6) is -2.40. The van der Waals surface area contributed by atoms with Crippen molar-refractivity contribution in [3.63, 3.8) is 0 Å². The molecule has 1 heterocycles. The molecule has 0 bridgehead atoms. The van der Waals surface area contributed by atoms with Gasteiger partial charge in [-0.25, -0.2) is 8.42 Å². The fourth-order valence-electron chi connectivity index (χ4n) is 3.25. The number of hydrogen-bond donors (Lipinski definition) is 1. The molecule has 204 valence electrons. The van der Waals surface area contributed by atoms with Crippen LogP contribution >= 0.6 is 11.3 Å². The van der Waals surface area contributed by atoms with Crippen LogP contribution in [0.25, 0.3) is 6.08 Å². The molecule has 1 unspecified atom stereocenters. The molecule has 1 atom stereocenters. The van der Waals surface area contributed by atoms with E-state index >= 15 is 0 Å². The van der Waals surface area contributed by atoms with Crippen LogP contribution in [-0.2, 0) is 32.1 Å². The first kappa shape index (κ1) is 30.4. The van der Waals surface area contributed by atoms with Crippen LogP contribution in [0.3, 0.4) is 0 Å². The van der Waals surface area contributed by atoms with E-state index in [1.165, 1.54) is 11.0 Å². The number of hydrogen-bond acceptors (Lipinski definition) is 5. The highest BCUT2D eigenvalue weighted by molar-refractivity contribution is 7.91. The molecular formula is C23H24F6N2O4S2. The average molecular weight is 571 g/mol. The van der Waals surface area contributed by atoms with Crippen molar-refractivity contribution in [2.45, 2.75) is 38.8 Å². The molecule has 0 fully saturated rings. The Morgan fingerprint density at radius 3 is 2.32 bits per heavy atom. The quantitative estimate of drug-likeness (QED) is 0.344.